The lowest BCUT2D eigenvalue weighted by atomic mass is 10.1. The third kappa shape index (κ3) is 2.92. The number of hydrogen-bond donors (Lipinski definition) is 1. The van der Waals surface area contributed by atoms with Crippen molar-refractivity contribution in [1.82, 2.24) is 9.80 Å². The zero-order valence-corrected chi connectivity index (χ0v) is 11.6. The Labute approximate surface area is 117 Å². The van der Waals surface area contributed by atoms with Crippen molar-refractivity contribution >= 4 is 17.8 Å². The third-order valence-electron chi connectivity index (χ3n) is 3.95. The number of nitrogens with zero attached hydrogens (tertiary/aromatic N) is 2. The monoisotopic (exact) mass is 284 g/mol. The number of aliphatic carboxylic acids is 1. The number of hydrogen-bond acceptors (Lipinski definition) is 4. The van der Waals surface area contributed by atoms with Crippen molar-refractivity contribution in [3.8, 4) is 0 Å². The van der Waals surface area contributed by atoms with Crippen LogP contribution in [0.4, 0.5) is 0 Å². The van der Waals surface area contributed by atoms with Crippen molar-refractivity contribution in [2.24, 2.45) is 5.92 Å². The van der Waals surface area contributed by atoms with Gasteiger partial charge in [-0.1, -0.05) is 0 Å². The lowest BCUT2D eigenvalue weighted by Gasteiger charge is -2.24. The van der Waals surface area contributed by atoms with Crippen LogP contribution in [0, 0.1) is 5.92 Å². The molecule has 0 aromatic heterocycles. The number of carboxylic acids is 1. The van der Waals surface area contributed by atoms with Gasteiger partial charge in [0.2, 0.25) is 11.8 Å². The van der Waals surface area contributed by atoms with Crippen molar-refractivity contribution in [3.05, 3.63) is 0 Å². The molecule has 0 bridgehead atoms. The molecule has 2 aliphatic heterocycles. The van der Waals surface area contributed by atoms with E-state index in [0.29, 0.717) is 39.1 Å². The molecule has 2 rings (SSSR count). The molecule has 0 spiro atoms. The first kappa shape index (κ1) is 14.8. The number of carboxylic acid groups (broad SMARTS) is 1. The van der Waals surface area contributed by atoms with E-state index < -0.39 is 17.9 Å². The van der Waals surface area contributed by atoms with Crippen LogP contribution < -0.4 is 0 Å². The van der Waals surface area contributed by atoms with Crippen molar-refractivity contribution in [2.75, 3.05) is 33.4 Å². The van der Waals surface area contributed by atoms with E-state index in [1.54, 1.807) is 12.0 Å². The van der Waals surface area contributed by atoms with Gasteiger partial charge in [-0.05, 0) is 12.8 Å². The summed E-state index contributed by atoms with van der Waals surface area (Å²) in [5.41, 5.74) is 0. The van der Waals surface area contributed by atoms with Gasteiger partial charge in [-0.25, -0.2) is 4.79 Å². The molecular weight excluding hydrogens is 264 g/mol. The molecule has 112 valence electrons. The summed E-state index contributed by atoms with van der Waals surface area (Å²) in [5, 5.41) is 9.11. The van der Waals surface area contributed by atoms with E-state index in [-0.39, 0.29) is 18.2 Å². The summed E-state index contributed by atoms with van der Waals surface area (Å²) in [7, 11) is 1.56. The molecule has 7 heteroatoms. The minimum atomic E-state index is -0.962. The molecule has 2 atom stereocenters. The highest BCUT2D eigenvalue weighted by atomic mass is 16.5. The molecule has 0 saturated carbocycles. The maximum absolute atomic E-state index is 12.4. The van der Waals surface area contributed by atoms with Crippen LogP contribution in [0.2, 0.25) is 0 Å². The van der Waals surface area contributed by atoms with E-state index in [2.05, 4.69) is 0 Å². The summed E-state index contributed by atoms with van der Waals surface area (Å²) in [6.45, 7) is 1.75. The second-order valence-corrected chi connectivity index (χ2v) is 5.26. The first-order chi connectivity index (χ1) is 9.54. The van der Waals surface area contributed by atoms with Gasteiger partial charge in [-0.2, -0.15) is 0 Å². The van der Waals surface area contributed by atoms with Crippen LogP contribution in [0.3, 0.4) is 0 Å². The predicted molar refractivity (Wildman–Crippen MR) is 68.9 cm³/mol. The molecule has 2 saturated heterocycles. The van der Waals surface area contributed by atoms with E-state index >= 15 is 0 Å². The van der Waals surface area contributed by atoms with E-state index in [0.717, 1.165) is 0 Å². The molecule has 1 N–H and O–H groups in total. The number of rotatable bonds is 5. The third-order valence-corrected chi connectivity index (χ3v) is 3.95. The molecule has 2 fully saturated rings. The standard InChI is InChI=1S/C13H20N2O5/c1-20-6-5-14-8-9(7-11(14)16)12(17)15-4-2-3-10(15)13(18)19/h9-10H,2-8H2,1H3,(H,18,19)/t9-,10+/m0/s1. The zero-order chi connectivity index (χ0) is 14.7. The maximum Gasteiger partial charge on any atom is 0.326 e. The fraction of sp³-hybridized carbons (Fsp3) is 0.769. The minimum Gasteiger partial charge on any atom is -0.480 e. The minimum absolute atomic E-state index is 0.0635. The Bertz CT molecular complexity index is 412. The van der Waals surface area contributed by atoms with Crippen molar-refractivity contribution in [3.63, 3.8) is 0 Å². The topological polar surface area (TPSA) is 87.2 Å². The van der Waals surface area contributed by atoms with E-state index in [1.807, 2.05) is 0 Å². The Balaban J connectivity index is 1.96. The summed E-state index contributed by atoms with van der Waals surface area (Å²) in [4.78, 5) is 38.3. The Morgan fingerprint density at radius 2 is 2.20 bits per heavy atom. The molecule has 0 aromatic carbocycles. The van der Waals surface area contributed by atoms with Crippen LogP contribution in [-0.2, 0) is 19.1 Å². The summed E-state index contributed by atoms with van der Waals surface area (Å²) in [6.07, 6.45) is 1.37. The van der Waals surface area contributed by atoms with Crippen LogP contribution in [-0.4, -0.2) is 72.1 Å². The fourth-order valence-corrected chi connectivity index (χ4v) is 2.88. The van der Waals surface area contributed by atoms with Gasteiger partial charge in [-0.3, -0.25) is 9.59 Å². The van der Waals surface area contributed by atoms with Gasteiger partial charge in [0.15, 0.2) is 0 Å². The SMILES string of the molecule is COCCN1C[C@@H](C(=O)N2CCC[C@@H]2C(=O)O)CC1=O. The molecule has 2 amide bonds. The first-order valence-electron chi connectivity index (χ1n) is 6.84. The molecule has 2 aliphatic rings. The smallest absolute Gasteiger partial charge is 0.326 e. The molecule has 0 radical (unpaired) electrons. The molecule has 20 heavy (non-hydrogen) atoms. The van der Waals surface area contributed by atoms with E-state index in [1.165, 1.54) is 4.90 Å². The molecule has 7 nitrogen and oxygen atoms in total. The van der Waals surface area contributed by atoms with E-state index in [4.69, 9.17) is 9.84 Å². The van der Waals surface area contributed by atoms with Gasteiger partial charge in [0.1, 0.15) is 6.04 Å². The van der Waals surface area contributed by atoms with Gasteiger partial charge in [0, 0.05) is 33.2 Å². The van der Waals surface area contributed by atoms with Gasteiger partial charge in [0.05, 0.1) is 12.5 Å². The second kappa shape index (κ2) is 6.21. The number of likely N-dealkylation sites (tertiary alicyclic amines) is 2. The largest absolute Gasteiger partial charge is 0.480 e. The average molecular weight is 284 g/mol. The summed E-state index contributed by atoms with van der Waals surface area (Å²) in [6, 6.07) is -0.731. The van der Waals surface area contributed by atoms with Gasteiger partial charge >= 0.3 is 5.97 Å². The molecule has 2 heterocycles. The normalized spacial score (nSPS) is 26.4. The van der Waals surface area contributed by atoms with Crippen LogP contribution in [0.25, 0.3) is 0 Å². The Morgan fingerprint density at radius 3 is 2.85 bits per heavy atom. The van der Waals surface area contributed by atoms with Crippen LogP contribution >= 0.6 is 0 Å². The number of carbonyl (C=O) groups excluding carboxylic acids is 2. The highest BCUT2D eigenvalue weighted by Gasteiger charge is 2.41. The maximum atomic E-state index is 12.4. The molecule has 0 unspecified atom stereocenters. The van der Waals surface area contributed by atoms with Gasteiger partial charge in [0.25, 0.3) is 0 Å². The summed E-state index contributed by atoms with van der Waals surface area (Å²) >= 11 is 0. The second-order valence-electron chi connectivity index (χ2n) is 5.26. The van der Waals surface area contributed by atoms with Crippen molar-refractivity contribution in [2.45, 2.75) is 25.3 Å². The van der Waals surface area contributed by atoms with Crippen LogP contribution in [0.1, 0.15) is 19.3 Å². The van der Waals surface area contributed by atoms with E-state index in [9.17, 15) is 14.4 Å². The summed E-state index contributed by atoms with van der Waals surface area (Å²) in [5.74, 6) is -1.65. The number of ether oxygens (including phenoxy) is 1. The Morgan fingerprint density at radius 1 is 1.45 bits per heavy atom. The van der Waals surface area contributed by atoms with Crippen molar-refractivity contribution in [1.29, 1.82) is 0 Å². The zero-order valence-electron chi connectivity index (χ0n) is 11.6. The van der Waals surface area contributed by atoms with Gasteiger partial charge < -0.3 is 19.6 Å². The highest BCUT2D eigenvalue weighted by molar-refractivity contribution is 5.91. The predicted octanol–water partition coefficient (Wildman–Crippen LogP) is -0.443. The fourth-order valence-electron chi connectivity index (χ4n) is 2.88. The summed E-state index contributed by atoms with van der Waals surface area (Å²) < 4.78 is 4.93. The lowest BCUT2D eigenvalue weighted by molar-refractivity contribution is -0.149. The number of carbonyl (C=O) groups is 3. The molecular formula is C13H20N2O5. The number of methoxy groups -OCH3 is 1. The Hall–Kier alpha value is -1.63. The highest BCUT2D eigenvalue weighted by Crippen LogP contribution is 2.25. The quantitative estimate of drug-likeness (QED) is 0.739. The van der Waals surface area contributed by atoms with Crippen LogP contribution in [0.5, 0.6) is 0 Å². The molecule has 0 aliphatic carbocycles. The lowest BCUT2D eigenvalue weighted by Crippen LogP contribution is -2.44. The average Bonchev–Trinajstić information content (AvgIpc) is 3.02. The van der Waals surface area contributed by atoms with Crippen molar-refractivity contribution < 1.29 is 24.2 Å². The first-order valence-corrected chi connectivity index (χ1v) is 6.84. The van der Waals surface area contributed by atoms with Gasteiger partial charge in [-0.15, -0.1) is 0 Å². The molecule has 0 aromatic rings. The van der Waals surface area contributed by atoms with Crippen LogP contribution in [0.15, 0.2) is 0 Å². The number of amides is 2. The Kier molecular flexibility index (Phi) is 4.59.